The van der Waals surface area contributed by atoms with Gasteiger partial charge in [-0.25, -0.2) is 0 Å². The monoisotopic (exact) mass is 283 g/mol. The fourth-order valence-electron chi connectivity index (χ4n) is 2.46. The number of hydrogen-bond donors (Lipinski definition) is 2. The lowest BCUT2D eigenvalue weighted by Gasteiger charge is -2.23. The van der Waals surface area contributed by atoms with E-state index in [9.17, 15) is 5.11 Å². The molecule has 3 N–H and O–H groups in total. The highest BCUT2D eigenvalue weighted by Crippen LogP contribution is 2.32. The van der Waals surface area contributed by atoms with E-state index in [-0.39, 0.29) is 18.4 Å². The van der Waals surface area contributed by atoms with Gasteiger partial charge in [0.1, 0.15) is 12.4 Å². The zero-order valence-electron chi connectivity index (χ0n) is 10.7. The Bertz CT molecular complexity index is 583. The molecular weight excluding hydrogens is 266 g/mol. The lowest BCUT2D eigenvalue weighted by molar-refractivity contribution is 0.0926. The van der Waals surface area contributed by atoms with Crippen LogP contribution in [-0.4, -0.2) is 33.6 Å². The number of benzene rings is 1. The SMILES string of the molecule is CC(N)Cn1ncc2ccc3c(c21)CC(O)CO3.Cl. The van der Waals surface area contributed by atoms with Gasteiger partial charge in [-0.2, -0.15) is 5.10 Å². The summed E-state index contributed by atoms with van der Waals surface area (Å²) < 4.78 is 7.45. The first-order valence-corrected chi connectivity index (χ1v) is 6.19. The fourth-order valence-corrected chi connectivity index (χ4v) is 2.46. The van der Waals surface area contributed by atoms with Crippen molar-refractivity contribution in [3.8, 4) is 5.75 Å². The minimum absolute atomic E-state index is 0. The number of rotatable bonds is 2. The molecule has 19 heavy (non-hydrogen) atoms. The molecule has 2 heterocycles. The van der Waals surface area contributed by atoms with Crippen LogP contribution in [0.15, 0.2) is 18.3 Å². The van der Waals surface area contributed by atoms with Crippen molar-refractivity contribution in [1.82, 2.24) is 9.78 Å². The number of halogens is 1. The quantitative estimate of drug-likeness (QED) is 0.866. The minimum Gasteiger partial charge on any atom is -0.491 e. The van der Waals surface area contributed by atoms with Crippen LogP contribution >= 0.6 is 12.4 Å². The van der Waals surface area contributed by atoms with Crippen LogP contribution < -0.4 is 10.5 Å². The predicted molar refractivity (Wildman–Crippen MR) is 75.8 cm³/mol. The number of aliphatic hydroxyl groups is 1. The van der Waals surface area contributed by atoms with Crippen molar-refractivity contribution < 1.29 is 9.84 Å². The van der Waals surface area contributed by atoms with E-state index in [0.717, 1.165) is 22.2 Å². The van der Waals surface area contributed by atoms with Gasteiger partial charge in [-0.05, 0) is 19.1 Å². The Kier molecular flexibility index (Phi) is 3.99. The van der Waals surface area contributed by atoms with Crippen LogP contribution in [0.5, 0.6) is 5.75 Å². The predicted octanol–water partition coefficient (Wildman–Crippen LogP) is 1.10. The Balaban J connectivity index is 0.00000133. The van der Waals surface area contributed by atoms with Crippen LogP contribution in [0, 0.1) is 0 Å². The Morgan fingerprint density at radius 2 is 2.37 bits per heavy atom. The molecule has 0 aliphatic carbocycles. The first-order valence-electron chi connectivity index (χ1n) is 6.19. The first kappa shape index (κ1) is 14.1. The van der Waals surface area contributed by atoms with E-state index < -0.39 is 6.10 Å². The molecule has 0 spiro atoms. The van der Waals surface area contributed by atoms with Gasteiger partial charge in [0.15, 0.2) is 0 Å². The van der Waals surface area contributed by atoms with Gasteiger partial charge in [-0.15, -0.1) is 12.4 Å². The molecule has 0 amide bonds. The van der Waals surface area contributed by atoms with E-state index in [0.29, 0.717) is 19.6 Å². The van der Waals surface area contributed by atoms with E-state index in [1.165, 1.54) is 0 Å². The van der Waals surface area contributed by atoms with E-state index in [1.54, 1.807) is 0 Å². The molecule has 2 aromatic rings. The lowest BCUT2D eigenvalue weighted by atomic mass is 10.0. The lowest BCUT2D eigenvalue weighted by Crippen LogP contribution is -2.27. The van der Waals surface area contributed by atoms with Crippen LogP contribution in [-0.2, 0) is 13.0 Å². The van der Waals surface area contributed by atoms with Crippen LogP contribution in [0.2, 0.25) is 0 Å². The topological polar surface area (TPSA) is 73.3 Å². The minimum atomic E-state index is -0.443. The molecule has 0 fully saturated rings. The van der Waals surface area contributed by atoms with Crippen molar-refractivity contribution in [2.75, 3.05) is 6.61 Å². The van der Waals surface area contributed by atoms with Crippen molar-refractivity contribution in [2.45, 2.75) is 32.0 Å². The van der Waals surface area contributed by atoms with Crippen LogP contribution in [0.1, 0.15) is 12.5 Å². The summed E-state index contributed by atoms with van der Waals surface area (Å²) in [5.41, 5.74) is 7.90. The zero-order chi connectivity index (χ0) is 12.7. The van der Waals surface area contributed by atoms with E-state index in [4.69, 9.17) is 10.5 Å². The number of nitrogens with zero attached hydrogens (tertiary/aromatic N) is 2. The Hall–Kier alpha value is -1.30. The van der Waals surface area contributed by atoms with Crippen molar-refractivity contribution in [1.29, 1.82) is 0 Å². The molecular formula is C13H18ClN3O2. The number of aliphatic hydroxyl groups excluding tert-OH is 1. The molecule has 2 atom stereocenters. The van der Waals surface area contributed by atoms with Gasteiger partial charge in [0.25, 0.3) is 0 Å². The molecule has 1 aromatic carbocycles. The molecule has 2 unspecified atom stereocenters. The Labute approximate surface area is 117 Å². The third-order valence-electron chi connectivity index (χ3n) is 3.20. The summed E-state index contributed by atoms with van der Waals surface area (Å²) in [7, 11) is 0. The highest BCUT2D eigenvalue weighted by atomic mass is 35.5. The second-order valence-electron chi connectivity index (χ2n) is 4.95. The highest BCUT2D eigenvalue weighted by Gasteiger charge is 2.22. The Morgan fingerprint density at radius 3 is 3.11 bits per heavy atom. The molecule has 0 saturated carbocycles. The van der Waals surface area contributed by atoms with Crippen molar-refractivity contribution in [3.05, 3.63) is 23.9 Å². The third-order valence-corrected chi connectivity index (χ3v) is 3.20. The second kappa shape index (κ2) is 5.36. The standard InChI is InChI=1S/C13H17N3O2.ClH/c1-8(14)6-16-13-9(5-15-16)2-3-12-11(13)4-10(17)7-18-12;/h2-3,5,8,10,17H,4,6-7,14H2,1H3;1H. The van der Waals surface area contributed by atoms with Gasteiger partial charge in [-0.1, -0.05) is 0 Å². The van der Waals surface area contributed by atoms with Gasteiger partial charge in [-0.3, -0.25) is 4.68 Å². The van der Waals surface area contributed by atoms with Crippen LogP contribution in [0.25, 0.3) is 10.9 Å². The summed E-state index contributed by atoms with van der Waals surface area (Å²) in [6.45, 7) is 2.98. The van der Waals surface area contributed by atoms with Gasteiger partial charge < -0.3 is 15.6 Å². The summed E-state index contributed by atoms with van der Waals surface area (Å²) in [5, 5.41) is 15.2. The summed E-state index contributed by atoms with van der Waals surface area (Å²) in [6, 6.07) is 3.98. The van der Waals surface area contributed by atoms with Crippen molar-refractivity contribution in [2.24, 2.45) is 5.73 Å². The van der Waals surface area contributed by atoms with Crippen molar-refractivity contribution in [3.63, 3.8) is 0 Å². The van der Waals surface area contributed by atoms with Gasteiger partial charge in [0.2, 0.25) is 0 Å². The van der Waals surface area contributed by atoms with Crippen LogP contribution in [0.4, 0.5) is 0 Å². The average Bonchev–Trinajstić information content (AvgIpc) is 2.72. The normalized spacial score (nSPS) is 19.4. The third kappa shape index (κ3) is 2.54. The maximum Gasteiger partial charge on any atom is 0.124 e. The molecule has 0 bridgehead atoms. The summed E-state index contributed by atoms with van der Waals surface area (Å²) in [6.07, 6.45) is 2.00. The molecule has 0 radical (unpaired) electrons. The van der Waals surface area contributed by atoms with Gasteiger partial charge >= 0.3 is 0 Å². The molecule has 1 aliphatic heterocycles. The van der Waals surface area contributed by atoms with Gasteiger partial charge in [0.05, 0.1) is 24.4 Å². The Morgan fingerprint density at radius 1 is 1.58 bits per heavy atom. The zero-order valence-corrected chi connectivity index (χ0v) is 11.6. The average molecular weight is 284 g/mol. The smallest absolute Gasteiger partial charge is 0.124 e. The number of ether oxygens (including phenoxy) is 1. The number of fused-ring (bicyclic) bond motifs is 3. The van der Waals surface area contributed by atoms with Crippen LogP contribution in [0.3, 0.4) is 0 Å². The first-order chi connectivity index (χ1) is 8.65. The largest absolute Gasteiger partial charge is 0.491 e. The van der Waals surface area contributed by atoms with E-state index in [2.05, 4.69) is 5.10 Å². The summed E-state index contributed by atoms with van der Waals surface area (Å²) in [4.78, 5) is 0. The molecule has 3 rings (SSSR count). The van der Waals surface area contributed by atoms with Crippen molar-refractivity contribution >= 4 is 23.3 Å². The maximum atomic E-state index is 9.75. The van der Waals surface area contributed by atoms with E-state index in [1.807, 2.05) is 29.9 Å². The fraction of sp³-hybridized carbons (Fsp3) is 0.462. The number of hydrogen-bond acceptors (Lipinski definition) is 4. The molecule has 1 aliphatic rings. The number of aromatic nitrogens is 2. The molecule has 104 valence electrons. The highest BCUT2D eigenvalue weighted by molar-refractivity contribution is 5.85. The van der Waals surface area contributed by atoms with Gasteiger partial charge in [0, 0.05) is 23.4 Å². The molecule has 5 nitrogen and oxygen atoms in total. The molecule has 0 saturated heterocycles. The maximum absolute atomic E-state index is 9.75. The molecule has 6 heteroatoms. The molecule has 1 aromatic heterocycles. The second-order valence-corrected chi connectivity index (χ2v) is 4.95. The van der Waals surface area contributed by atoms with E-state index >= 15 is 0 Å². The summed E-state index contributed by atoms with van der Waals surface area (Å²) in [5.74, 6) is 0.847. The number of nitrogens with two attached hydrogens (primary N) is 1. The summed E-state index contributed by atoms with van der Waals surface area (Å²) >= 11 is 0.